The minimum atomic E-state index is -0.358. The summed E-state index contributed by atoms with van der Waals surface area (Å²) in [7, 11) is 0. The van der Waals surface area contributed by atoms with Crippen LogP contribution in [0, 0.1) is 11.3 Å². The molecule has 2 aromatic rings. The van der Waals surface area contributed by atoms with Crippen molar-refractivity contribution in [2.45, 2.75) is 18.5 Å². The number of rotatable bonds is 3. The van der Waals surface area contributed by atoms with E-state index in [1.165, 1.54) is 10.6 Å². The lowest BCUT2D eigenvalue weighted by Crippen LogP contribution is -2.35. The van der Waals surface area contributed by atoms with Crippen LogP contribution in [0.4, 0.5) is 5.69 Å². The van der Waals surface area contributed by atoms with Gasteiger partial charge in [0.1, 0.15) is 6.07 Å². The Morgan fingerprint density at radius 1 is 1.38 bits per heavy atom. The number of nitrogens with one attached hydrogen (secondary N) is 2. The van der Waals surface area contributed by atoms with Crippen LogP contribution in [0.2, 0.25) is 0 Å². The van der Waals surface area contributed by atoms with Gasteiger partial charge in [-0.25, -0.2) is 0 Å². The molecule has 0 aliphatic carbocycles. The molecule has 1 saturated heterocycles. The second-order valence-corrected chi connectivity index (χ2v) is 5.70. The zero-order valence-electron chi connectivity index (χ0n) is 12.9. The van der Waals surface area contributed by atoms with Gasteiger partial charge in [-0.1, -0.05) is 6.07 Å². The number of anilines is 1. The van der Waals surface area contributed by atoms with Gasteiger partial charge in [0.15, 0.2) is 0 Å². The van der Waals surface area contributed by atoms with Gasteiger partial charge < -0.3 is 16.4 Å². The fourth-order valence-corrected chi connectivity index (χ4v) is 2.71. The molecular weight excluding hydrogens is 306 g/mol. The standard InChI is InChI=1S/C17H17N5O2/c18-9-11-7-13(22-6-2-1-3-16(22)23)4-5-14(11)21-17(24)15-8-12(19)10-20-15/h1-7,12,15,20H,8,10,19H2,(H,21,24)/t12-,15?/m0/s1. The molecule has 2 atom stereocenters. The molecule has 0 bridgehead atoms. The summed E-state index contributed by atoms with van der Waals surface area (Å²) in [6.45, 7) is 0.596. The van der Waals surface area contributed by atoms with E-state index in [1.54, 1.807) is 36.5 Å². The Kier molecular flexibility index (Phi) is 4.42. The number of hydrogen-bond acceptors (Lipinski definition) is 5. The van der Waals surface area contributed by atoms with Gasteiger partial charge in [0.25, 0.3) is 5.56 Å². The summed E-state index contributed by atoms with van der Waals surface area (Å²) in [6.07, 6.45) is 2.19. The quantitative estimate of drug-likeness (QED) is 0.754. The zero-order valence-corrected chi connectivity index (χ0v) is 12.9. The summed E-state index contributed by atoms with van der Waals surface area (Å²) >= 11 is 0. The number of carbonyl (C=O) groups is 1. The molecule has 2 heterocycles. The van der Waals surface area contributed by atoms with E-state index in [-0.39, 0.29) is 23.6 Å². The molecule has 24 heavy (non-hydrogen) atoms. The Labute approximate surface area is 138 Å². The van der Waals surface area contributed by atoms with Crippen LogP contribution in [0.3, 0.4) is 0 Å². The maximum Gasteiger partial charge on any atom is 0.255 e. The summed E-state index contributed by atoms with van der Waals surface area (Å²) in [4.78, 5) is 24.1. The van der Waals surface area contributed by atoms with E-state index in [1.807, 2.05) is 0 Å². The highest BCUT2D eigenvalue weighted by atomic mass is 16.2. The van der Waals surface area contributed by atoms with Crippen LogP contribution in [0.5, 0.6) is 0 Å². The number of pyridine rings is 1. The Bertz CT molecular complexity index is 868. The molecule has 3 rings (SSSR count). The number of aromatic nitrogens is 1. The van der Waals surface area contributed by atoms with Crippen molar-refractivity contribution in [3.8, 4) is 11.8 Å². The number of benzene rings is 1. The van der Waals surface area contributed by atoms with Crippen LogP contribution < -0.4 is 21.9 Å². The molecule has 7 nitrogen and oxygen atoms in total. The van der Waals surface area contributed by atoms with E-state index >= 15 is 0 Å². The Morgan fingerprint density at radius 2 is 2.21 bits per heavy atom. The predicted octanol–water partition coefficient (Wildman–Crippen LogP) is 0.337. The fourth-order valence-electron chi connectivity index (χ4n) is 2.71. The molecule has 122 valence electrons. The minimum absolute atomic E-state index is 0.0384. The molecule has 0 saturated carbocycles. The first kappa shape index (κ1) is 15.9. The summed E-state index contributed by atoms with van der Waals surface area (Å²) in [5.74, 6) is -0.218. The van der Waals surface area contributed by atoms with Crippen LogP contribution >= 0.6 is 0 Å². The molecule has 0 radical (unpaired) electrons. The monoisotopic (exact) mass is 323 g/mol. The SMILES string of the molecule is N#Cc1cc(-n2ccccc2=O)ccc1NC(=O)C1C[C@H](N)CN1. The molecule has 1 aliphatic heterocycles. The minimum Gasteiger partial charge on any atom is -0.326 e. The zero-order chi connectivity index (χ0) is 17.1. The number of nitrogens with zero attached hydrogens (tertiary/aromatic N) is 2. The third-order valence-corrected chi connectivity index (χ3v) is 3.96. The molecule has 0 spiro atoms. The van der Waals surface area contributed by atoms with E-state index < -0.39 is 0 Å². The summed E-state index contributed by atoms with van der Waals surface area (Å²) < 4.78 is 1.43. The number of nitrogens with two attached hydrogens (primary N) is 1. The summed E-state index contributed by atoms with van der Waals surface area (Å²) in [6, 6.07) is 11.4. The third kappa shape index (κ3) is 3.20. The average molecular weight is 323 g/mol. The van der Waals surface area contributed by atoms with E-state index in [4.69, 9.17) is 5.73 Å². The van der Waals surface area contributed by atoms with Crippen molar-refractivity contribution in [3.63, 3.8) is 0 Å². The molecule has 1 unspecified atom stereocenters. The number of carbonyl (C=O) groups excluding carboxylic acids is 1. The highest BCUT2D eigenvalue weighted by Crippen LogP contribution is 2.19. The van der Waals surface area contributed by atoms with Gasteiger partial charge in [-0.05, 0) is 30.7 Å². The fraction of sp³-hybridized carbons (Fsp3) is 0.235. The molecule has 4 N–H and O–H groups in total. The van der Waals surface area contributed by atoms with Crippen molar-refractivity contribution in [1.29, 1.82) is 5.26 Å². The van der Waals surface area contributed by atoms with Gasteiger partial charge in [-0.15, -0.1) is 0 Å². The predicted molar refractivity (Wildman–Crippen MR) is 89.8 cm³/mol. The lowest BCUT2D eigenvalue weighted by atomic mass is 10.1. The second kappa shape index (κ2) is 6.66. The van der Waals surface area contributed by atoms with Gasteiger partial charge in [0.2, 0.25) is 5.91 Å². The molecular formula is C17H17N5O2. The van der Waals surface area contributed by atoms with E-state index in [9.17, 15) is 14.9 Å². The Morgan fingerprint density at radius 3 is 2.88 bits per heavy atom. The first-order valence-corrected chi connectivity index (χ1v) is 7.60. The van der Waals surface area contributed by atoms with Crippen LogP contribution in [0.15, 0.2) is 47.4 Å². The van der Waals surface area contributed by atoms with Crippen molar-refractivity contribution in [1.82, 2.24) is 9.88 Å². The number of nitriles is 1. The molecule has 1 fully saturated rings. The average Bonchev–Trinajstić information content (AvgIpc) is 3.02. The van der Waals surface area contributed by atoms with Crippen molar-refractivity contribution < 1.29 is 4.79 Å². The van der Waals surface area contributed by atoms with Crippen LogP contribution in [0.25, 0.3) is 5.69 Å². The maximum atomic E-state index is 12.2. The van der Waals surface area contributed by atoms with Gasteiger partial charge in [0.05, 0.1) is 23.0 Å². The second-order valence-electron chi connectivity index (χ2n) is 5.70. The smallest absolute Gasteiger partial charge is 0.255 e. The first-order chi connectivity index (χ1) is 11.6. The van der Waals surface area contributed by atoms with Gasteiger partial charge in [-0.2, -0.15) is 5.26 Å². The lowest BCUT2D eigenvalue weighted by Gasteiger charge is -2.13. The summed E-state index contributed by atoms with van der Waals surface area (Å²) in [5, 5.41) is 15.1. The number of amides is 1. The molecule has 1 aromatic heterocycles. The van der Waals surface area contributed by atoms with Gasteiger partial charge in [-0.3, -0.25) is 14.2 Å². The van der Waals surface area contributed by atoms with Crippen molar-refractivity contribution >= 4 is 11.6 Å². The Hall–Kier alpha value is -2.95. The van der Waals surface area contributed by atoms with E-state index in [0.29, 0.717) is 29.9 Å². The van der Waals surface area contributed by atoms with Crippen molar-refractivity contribution in [2.24, 2.45) is 5.73 Å². The summed E-state index contributed by atoms with van der Waals surface area (Å²) in [5.41, 5.74) is 6.86. The third-order valence-electron chi connectivity index (χ3n) is 3.96. The molecule has 1 aliphatic rings. The maximum absolute atomic E-state index is 12.2. The van der Waals surface area contributed by atoms with E-state index in [2.05, 4.69) is 16.7 Å². The Balaban J connectivity index is 1.85. The van der Waals surface area contributed by atoms with Gasteiger partial charge >= 0.3 is 0 Å². The van der Waals surface area contributed by atoms with Crippen molar-refractivity contribution in [3.05, 3.63) is 58.5 Å². The molecule has 1 amide bonds. The van der Waals surface area contributed by atoms with E-state index in [0.717, 1.165) is 0 Å². The van der Waals surface area contributed by atoms with Crippen LogP contribution in [-0.4, -0.2) is 29.1 Å². The van der Waals surface area contributed by atoms with Crippen LogP contribution in [-0.2, 0) is 4.79 Å². The van der Waals surface area contributed by atoms with Crippen molar-refractivity contribution in [2.75, 3.05) is 11.9 Å². The lowest BCUT2D eigenvalue weighted by molar-refractivity contribution is -0.117. The topological polar surface area (TPSA) is 113 Å². The van der Waals surface area contributed by atoms with Gasteiger partial charge in [0, 0.05) is 24.8 Å². The van der Waals surface area contributed by atoms with Crippen LogP contribution in [0.1, 0.15) is 12.0 Å². The molecule has 1 aromatic carbocycles. The number of hydrogen-bond donors (Lipinski definition) is 3. The highest BCUT2D eigenvalue weighted by molar-refractivity contribution is 5.96. The highest BCUT2D eigenvalue weighted by Gasteiger charge is 2.27. The largest absolute Gasteiger partial charge is 0.326 e. The molecule has 7 heteroatoms. The normalized spacial score (nSPS) is 19.7. The first-order valence-electron chi connectivity index (χ1n) is 7.60.